The van der Waals surface area contributed by atoms with E-state index in [0.29, 0.717) is 0 Å². The summed E-state index contributed by atoms with van der Waals surface area (Å²) in [5, 5.41) is 3.08. The van der Waals surface area contributed by atoms with Crippen LogP contribution < -0.4 is 4.90 Å². The number of ether oxygens (including phenoxy) is 1. The molecular weight excluding hydrogens is 392 g/mol. The highest BCUT2D eigenvalue weighted by Crippen LogP contribution is 2.30. The largest absolute Gasteiger partial charge is 0.378 e. The molecule has 0 atom stereocenters. The van der Waals surface area contributed by atoms with E-state index < -0.39 is 0 Å². The van der Waals surface area contributed by atoms with Crippen LogP contribution in [0.4, 0.5) is 5.69 Å². The number of hydrogen-bond donors (Lipinski definition) is 0. The van der Waals surface area contributed by atoms with E-state index in [9.17, 15) is 0 Å². The Labute approximate surface area is 180 Å². The predicted molar refractivity (Wildman–Crippen MR) is 124 cm³/mol. The third-order valence-corrected chi connectivity index (χ3v) is 6.45. The molecule has 1 aliphatic rings. The molecule has 5 rings (SSSR count). The Kier molecular flexibility index (Phi) is 5.11. The topological polar surface area (TPSA) is 43.2 Å². The minimum Gasteiger partial charge on any atom is -0.378 e. The number of fused-ring (bicyclic) bond motifs is 1. The van der Waals surface area contributed by atoms with Crippen molar-refractivity contribution in [3.63, 3.8) is 0 Å². The lowest BCUT2D eigenvalue weighted by molar-refractivity contribution is 0.122. The standard InChI is InChI=1S/C24H24N4OS/c1-17-16-30-24(25-17)20(23-26-21-5-3-4-6-22(21)27(23)2)15-18-7-9-19(10-8-18)28-11-13-29-14-12-28/h3-10,15-16H,11-14H2,1-2H3/b20-15-. The Balaban J connectivity index is 1.56. The first kappa shape index (κ1) is 19.0. The molecule has 0 amide bonds. The Morgan fingerprint density at radius 1 is 1.03 bits per heavy atom. The molecule has 152 valence electrons. The molecule has 0 saturated carbocycles. The average molecular weight is 417 g/mol. The molecule has 1 saturated heterocycles. The monoisotopic (exact) mass is 416 g/mol. The van der Waals surface area contributed by atoms with Crippen molar-refractivity contribution in [2.45, 2.75) is 6.92 Å². The van der Waals surface area contributed by atoms with Gasteiger partial charge in [0.1, 0.15) is 10.8 Å². The third kappa shape index (κ3) is 3.64. The summed E-state index contributed by atoms with van der Waals surface area (Å²) in [4.78, 5) is 12.1. The van der Waals surface area contributed by atoms with E-state index in [1.165, 1.54) is 5.69 Å². The van der Waals surface area contributed by atoms with Crippen LogP contribution in [0, 0.1) is 6.92 Å². The van der Waals surface area contributed by atoms with E-state index in [0.717, 1.165) is 65.0 Å². The van der Waals surface area contributed by atoms with Gasteiger partial charge in [0.2, 0.25) is 0 Å². The van der Waals surface area contributed by atoms with E-state index in [2.05, 4.69) is 70.4 Å². The highest BCUT2D eigenvalue weighted by atomic mass is 32.1. The molecule has 0 spiro atoms. The van der Waals surface area contributed by atoms with E-state index >= 15 is 0 Å². The SMILES string of the molecule is Cc1csc(/C(=C\c2ccc(N3CCOCC3)cc2)c2nc3ccccc3n2C)n1. The van der Waals surface area contributed by atoms with Gasteiger partial charge in [-0.2, -0.15) is 0 Å². The summed E-state index contributed by atoms with van der Waals surface area (Å²) in [5.74, 6) is 0.933. The molecule has 0 unspecified atom stereocenters. The van der Waals surface area contributed by atoms with Gasteiger partial charge in [-0.25, -0.2) is 9.97 Å². The molecule has 2 aromatic heterocycles. The Bertz CT molecular complexity index is 1200. The third-order valence-electron chi connectivity index (χ3n) is 5.46. The average Bonchev–Trinajstić information content (AvgIpc) is 3.37. The van der Waals surface area contributed by atoms with Crippen molar-refractivity contribution in [2.24, 2.45) is 7.05 Å². The van der Waals surface area contributed by atoms with Crippen LogP contribution in [0.2, 0.25) is 0 Å². The fourth-order valence-electron chi connectivity index (χ4n) is 3.86. The number of morpholine rings is 1. The maximum atomic E-state index is 5.47. The molecule has 0 N–H and O–H groups in total. The second-order valence-electron chi connectivity index (χ2n) is 7.53. The van der Waals surface area contributed by atoms with Crippen LogP contribution in [0.15, 0.2) is 53.9 Å². The molecule has 1 fully saturated rings. The Hall–Kier alpha value is -2.96. The maximum absolute atomic E-state index is 5.47. The molecule has 0 radical (unpaired) electrons. The number of hydrogen-bond acceptors (Lipinski definition) is 5. The van der Waals surface area contributed by atoms with Crippen molar-refractivity contribution in [3.8, 4) is 0 Å². The molecule has 3 heterocycles. The van der Waals surface area contributed by atoms with Crippen LogP contribution in [0.25, 0.3) is 22.7 Å². The number of rotatable bonds is 4. The van der Waals surface area contributed by atoms with Crippen LogP contribution >= 0.6 is 11.3 Å². The normalized spacial score (nSPS) is 15.1. The molecule has 1 aliphatic heterocycles. The minimum absolute atomic E-state index is 0.794. The van der Waals surface area contributed by atoms with Crippen molar-refractivity contribution < 1.29 is 4.74 Å². The van der Waals surface area contributed by atoms with Crippen molar-refractivity contribution in [1.29, 1.82) is 0 Å². The number of anilines is 1. The number of aryl methyl sites for hydroxylation is 2. The first-order valence-electron chi connectivity index (χ1n) is 10.2. The fraction of sp³-hybridized carbons (Fsp3) is 0.250. The lowest BCUT2D eigenvalue weighted by Crippen LogP contribution is -2.36. The summed E-state index contributed by atoms with van der Waals surface area (Å²) in [5.41, 5.74) is 6.58. The summed E-state index contributed by atoms with van der Waals surface area (Å²) in [7, 11) is 2.07. The summed E-state index contributed by atoms with van der Waals surface area (Å²) in [6.45, 7) is 5.50. The smallest absolute Gasteiger partial charge is 0.143 e. The van der Waals surface area contributed by atoms with Crippen LogP contribution in [-0.2, 0) is 11.8 Å². The quantitative estimate of drug-likeness (QED) is 0.481. The Morgan fingerprint density at radius 2 is 1.80 bits per heavy atom. The van der Waals surface area contributed by atoms with Gasteiger partial charge in [0.25, 0.3) is 0 Å². The molecule has 0 aliphatic carbocycles. The molecular formula is C24H24N4OS. The second kappa shape index (κ2) is 8.05. The second-order valence-corrected chi connectivity index (χ2v) is 8.38. The molecule has 4 aromatic rings. The summed E-state index contributed by atoms with van der Waals surface area (Å²) in [6.07, 6.45) is 2.20. The number of para-hydroxylation sites is 2. The van der Waals surface area contributed by atoms with Gasteiger partial charge in [0, 0.05) is 36.9 Å². The van der Waals surface area contributed by atoms with Crippen molar-refractivity contribution in [3.05, 3.63) is 76.0 Å². The van der Waals surface area contributed by atoms with Gasteiger partial charge in [-0.05, 0) is 42.8 Å². The molecule has 2 aromatic carbocycles. The lowest BCUT2D eigenvalue weighted by atomic mass is 10.1. The Morgan fingerprint density at radius 3 is 2.50 bits per heavy atom. The van der Waals surface area contributed by atoms with Gasteiger partial charge in [-0.15, -0.1) is 11.3 Å². The zero-order valence-corrected chi connectivity index (χ0v) is 18.0. The van der Waals surface area contributed by atoms with E-state index in [1.807, 2.05) is 13.0 Å². The van der Waals surface area contributed by atoms with E-state index in [-0.39, 0.29) is 0 Å². The zero-order valence-electron chi connectivity index (χ0n) is 17.2. The first-order chi connectivity index (χ1) is 14.7. The fourth-order valence-corrected chi connectivity index (χ4v) is 4.66. The number of thiazole rings is 1. The highest BCUT2D eigenvalue weighted by molar-refractivity contribution is 7.11. The van der Waals surface area contributed by atoms with Crippen LogP contribution in [0.3, 0.4) is 0 Å². The summed E-state index contributed by atoms with van der Waals surface area (Å²) >= 11 is 1.66. The first-order valence-corrected chi connectivity index (χ1v) is 11.1. The predicted octanol–water partition coefficient (Wildman–Crippen LogP) is 4.76. The van der Waals surface area contributed by atoms with Crippen LogP contribution in [0.5, 0.6) is 0 Å². The van der Waals surface area contributed by atoms with Gasteiger partial charge in [-0.3, -0.25) is 0 Å². The van der Waals surface area contributed by atoms with Gasteiger partial charge in [-0.1, -0.05) is 24.3 Å². The molecule has 0 bridgehead atoms. The van der Waals surface area contributed by atoms with Gasteiger partial charge in [0.15, 0.2) is 0 Å². The molecule has 6 heteroatoms. The van der Waals surface area contributed by atoms with E-state index in [4.69, 9.17) is 14.7 Å². The number of aromatic nitrogens is 3. The molecule has 5 nitrogen and oxygen atoms in total. The van der Waals surface area contributed by atoms with Crippen molar-refractivity contribution >= 4 is 39.7 Å². The van der Waals surface area contributed by atoms with Crippen LogP contribution in [0.1, 0.15) is 22.1 Å². The van der Waals surface area contributed by atoms with Crippen molar-refractivity contribution in [1.82, 2.24) is 14.5 Å². The van der Waals surface area contributed by atoms with Crippen molar-refractivity contribution in [2.75, 3.05) is 31.2 Å². The number of benzene rings is 2. The van der Waals surface area contributed by atoms with Gasteiger partial charge >= 0.3 is 0 Å². The maximum Gasteiger partial charge on any atom is 0.143 e. The van der Waals surface area contributed by atoms with E-state index in [1.54, 1.807) is 11.3 Å². The lowest BCUT2D eigenvalue weighted by Gasteiger charge is -2.28. The number of imidazole rings is 1. The summed E-state index contributed by atoms with van der Waals surface area (Å²) < 4.78 is 7.62. The minimum atomic E-state index is 0.794. The van der Waals surface area contributed by atoms with Gasteiger partial charge in [0.05, 0.1) is 29.8 Å². The summed E-state index contributed by atoms with van der Waals surface area (Å²) in [6, 6.07) is 17.0. The zero-order chi connectivity index (χ0) is 20.5. The molecule has 30 heavy (non-hydrogen) atoms. The highest BCUT2D eigenvalue weighted by Gasteiger charge is 2.17. The van der Waals surface area contributed by atoms with Crippen LogP contribution in [-0.4, -0.2) is 40.8 Å². The van der Waals surface area contributed by atoms with Gasteiger partial charge < -0.3 is 14.2 Å². The number of nitrogens with zero attached hydrogens (tertiary/aromatic N) is 4.